The maximum absolute atomic E-state index is 10.7. The van der Waals surface area contributed by atoms with E-state index < -0.39 is 23.9 Å². The second kappa shape index (κ2) is 3.83. The molecule has 0 aromatic carbocycles. The minimum Gasteiger partial charge on any atom is -0.481 e. The third-order valence-corrected chi connectivity index (χ3v) is 1.81. The fourth-order valence-corrected chi connectivity index (χ4v) is 1.21. The predicted octanol–water partition coefficient (Wildman–Crippen LogP) is 0.901. The summed E-state index contributed by atoms with van der Waals surface area (Å²) in [4.78, 5) is 13.1. The van der Waals surface area contributed by atoms with Crippen LogP contribution in [0.2, 0.25) is 0 Å². The Balaban J connectivity index is 2.72. The van der Waals surface area contributed by atoms with Crippen LogP contribution in [0.1, 0.15) is 13.8 Å². The topological polar surface area (TPSA) is 105 Å². The minimum absolute atomic E-state index is 0.114. The molecule has 1 aliphatic heterocycles. The van der Waals surface area contributed by atoms with E-state index in [9.17, 15) is 4.79 Å². The lowest BCUT2D eigenvalue weighted by Gasteiger charge is -2.18. The Morgan fingerprint density at radius 2 is 2.43 bits per heavy atom. The summed E-state index contributed by atoms with van der Waals surface area (Å²) < 4.78 is 10.4. The first-order valence-corrected chi connectivity index (χ1v) is 4.05. The first-order valence-electron chi connectivity index (χ1n) is 4.05. The number of ether oxygens (including phenoxy) is 2. The molecule has 2 atom stereocenters. The van der Waals surface area contributed by atoms with Crippen LogP contribution in [0.25, 0.3) is 10.4 Å². The Morgan fingerprint density at radius 1 is 1.79 bits per heavy atom. The van der Waals surface area contributed by atoms with E-state index in [4.69, 9.17) is 20.1 Å². The number of carboxylic acid groups (broad SMARTS) is 1. The molecule has 0 aliphatic carbocycles. The molecule has 1 rings (SSSR count). The average Bonchev–Trinajstić information content (AvgIpc) is 2.41. The Kier molecular flexibility index (Phi) is 2.95. The van der Waals surface area contributed by atoms with Crippen molar-refractivity contribution in [1.82, 2.24) is 0 Å². The minimum atomic E-state index is -1.23. The molecule has 0 aromatic heterocycles. The Hall–Kier alpha value is -1.30. The Bertz CT molecular complexity index is 283. The standard InChI is InChI=1S/C7H11N3O4/c1-7(2)13-3-4(14-7)5(6(11)12)9-10-8/h4-5H,3H2,1-2H3,(H,11,12)/t4-,5?/m0/s1. The van der Waals surface area contributed by atoms with Crippen molar-refractivity contribution in [1.29, 1.82) is 0 Å². The number of carboxylic acids is 1. The summed E-state index contributed by atoms with van der Waals surface area (Å²) in [6.07, 6.45) is -0.724. The van der Waals surface area contributed by atoms with Crippen LogP contribution in [0, 0.1) is 0 Å². The van der Waals surface area contributed by atoms with Gasteiger partial charge in [-0.3, -0.25) is 4.79 Å². The molecule has 7 nitrogen and oxygen atoms in total. The van der Waals surface area contributed by atoms with Crippen molar-refractivity contribution in [2.24, 2.45) is 5.11 Å². The monoisotopic (exact) mass is 201 g/mol. The molecule has 0 aromatic rings. The molecule has 1 unspecified atom stereocenters. The summed E-state index contributed by atoms with van der Waals surface area (Å²) >= 11 is 0. The van der Waals surface area contributed by atoms with Crippen molar-refractivity contribution < 1.29 is 19.4 Å². The predicted molar refractivity (Wildman–Crippen MR) is 45.5 cm³/mol. The molecular weight excluding hydrogens is 190 g/mol. The number of hydrogen-bond acceptors (Lipinski definition) is 4. The van der Waals surface area contributed by atoms with Crippen LogP contribution in [0.4, 0.5) is 0 Å². The molecule has 0 spiro atoms. The lowest BCUT2D eigenvalue weighted by atomic mass is 10.2. The molecule has 1 fully saturated rings. The van der Waals surface area contributed by atoms with E-state index in [0.29, 0.717) is 0 Å². The number of rotatable bonds is 3. The van der Waals surface area contributed by atoms with Crippen LogP contribution in [0.15, 0.2) is 5.11 Å². The van der Waals surface area contributed by atoms with E-state index >= 15 is 0 Å². The normalized spacial score (nSPS) is 26.6. The van der Waals surface area contributed by atoms with E-state index in [1.54, 1.807) is 13.8 Å². The van der Waals surface area contributed by atoms with Crippen molar-refractivity contribution in [2.45, 2.75) is 31.8 Å². The third kappa shape index (κ3) is 2.35. The highest BCUT2D eigenvalue weighted by Gasteiger charge is 2.40. The molecular formula is C7H11N3O4. The molecule has 0 amide bonds. The number of carbonyl (C=O) groups is 1. The average molecular weight is 201 g/mol. The van der Waals surface area contributed by atoms with Gasteiger partial charge in [-0.25, -0.2) is 0 Å². The van der Waals surface area contributed by atoms with Gasteiger partial charge < -0.3 is 14.6 Å². The summed E-state index contributed by atoms with van der Waals surface area (Å²) in [5.74, 6) is -2.03. The van der Waals surface area contributed by atoms with Crippen molar-refractivity contribution in [3.05, 3.63) is 10.4 Å². The zero-order chi connectivity index (χ0) is 10.8. The van der Waals surface area contributed by atoms with Gasteiger partial charge in [-0.1, -0.05) is 5.11 Å². The molecule has 1 heterocycles. The molecule has 0 radical (unpaired) electrons. The Morgan fingerprint density at radius 3 is 2.79 bits per heavy atom. The van der Waals surface area contributed by atoms with Crippen LogP contribution in [0.3, 0.4) is 0 Å². The van der Waals surface area contributed by atoms with Gasteiger partial charge >= 0.3 is 5.97 Å². The van der Waals surface area contributed by atoms with Crippen LogP contribution >= 0.6 is 0 Å². The maximum atomic E-state index is 10.7. The number of nitrogens with zero attached hydrogens (tertiary/aromatic N) is 3. The SMILES string of the molecule is CC1(C)OC[C@@H](C(N=[N+]=[N-])C(=O)O)O1. The number of hydrogen-bond donors (Lipinski definition) is 1. The summed E-state index contributed by atoms with van der Waals surface area (Å²) in [7, 11) is 0. The molecule has 0 saturated carbocycles. The van der Waals surface area contributed by atoms with Gasteiger partial charge in [-0.15, -0.1) is 0 Å². The van der Waals surface area contributed by atoms with Gasteiger partial charge in [0.05, 0.1) is 6.61 Å². The molecule has 1 aliphatic rings. The molecule has 78 valence electrons. The van der Waals surface area contributed by atoms with Crippen LogP contribution < -0.4 is 0 Å². The van der Waals surface area contributed by atoms with Crippen LogP contribution in [0.5, 0.6) is 0 Å². The molecule has 0 bridgehead atoms. The molecule has 7 heteroatoms. The zero-order valence-electron chi connectivity index (χ0n) is 7.88. The number of aliphatic carboxylic acids is 1. The highest BCUT2D eigenvalue weighted by Crippen LogP contribution is 2.25. The van der Waals surface area contributed by atoms with Crippen molar-refractivity contribution in [3.63, 3.8) is 0 Å². The largest absolute Gasteiger partial charge is 0.481 e. The molecule has 14 heavy (non-hydrogen) atoms. The van der Waals surface area contributed by atoms with Crippen molar-refractivity contribution in [3.8, 4) is 0 Å². The second-order valence-corrected chi connectivity index (χ2v) is 3.36. The summed E-state index contributed by atoms with van der Waals surface area (Å²) in [5.41, 5.74) is 8.17. The fourth-order valence-electron chi connectivity index (χ4n) is 1.21. The summed E-state index contributed by atoms with van der Waals surface area (Å²) in [6, 6.07) is -1.23. The first-order chi connectivity index (χ1) is 6.46. The molecule has 1 N–H and O–H groups in total. The van der Waals surface area contributed by atoms with Crippen LogP contribution in [-0.2, 0) is 14.3 Å². The quantitative estimate of drug-likeness (QED) is 0.416. The van der Waals surface area contributed by atoms with E-state index in [2.05, 4.69) is 10.0 Å². The van der Waals surface area contributed by atoms with Crippen molar-refractivity contribution >= 4 is 5.97 Å². The summed E-state index contributed by atoms with van der Waals surface area (Å²) in [6.45, 7) is 3.45. The fraction of sp³-hybridized carbons (Fsp3) is 0.857. The summed E-state index contributed by atoms with van der Waals surface area (Å²) in [5, 5.41) is 11.9. The van der Waals surface area contributed by atoms with E-state index in [1.807, 2.05) is 0 Å². The first kappa shape index (κ1) is 10.8. The second-order valence-electron chi connectivity index (χ2n) is 3.36. The Labute approximate surface area is 80.2 Å². The van der Waals surface area contributed by atoms with Gasteiger partial charge in [-0.05, 0) is 19.4 Å². The van der Waals surface area contributed by atoms with E-state index in [1.165, 1.54) is 0 Å². The number of azide groups is 1. The lowest BCUT2D eigenvalue weighted by Crippen LogP contribution is -2.35. The van der Waals surface area contributed by atoms with Gasteiger partial charge in [-0.2, -0.15) is 0 Å². The van der Waals surface area contributed by atoms with Gasteiger partial charge in [0.15, 0.2) is 11.8 Å². The van der Waals surface area contributed by atoms with E-state index in [-0.39, 0.29) is 6.61 Å². The maximum Gasteiger partial charge on any atom is 0.315 e. The van der Waals surface area contributed by atoms with Gasteiger partial charge in [0, 0.05) is 4.91 Å². The van der Waals surface area contributed by atoms with Crippen molar-refractivity contribution in [2.75, 3.05) is 6.61 Å². The molecule has 1 saturated heterocycles. The van der Waals surface area contributed by atoms with Crippen LogP contribution in [-0.4, -0.2) is 35.6 Å². The third-order valence-electron chi connectivity index (χ3n) is 1.81. The van der Waals surface area contributed by atoms with E-state index in [0.717, 1.165) is 0 Å². The smallest absolute Gasteiger partial charge is 0.315 e. The highest BCUT2D eigenvalue weighted by molar-refractivity contribution is 5.74. The highest BCUT2D eigenvalue weighted by atomic mass is 16.7. The van der Waals surface area contributed by atoms with Gasteiger partial charge in [0.2, 0.25) is 0 Å². The van der Waals surface area contributed by atoms with Gasteiger partial charge in [0.1, 0.15) is 6.10 Å². The lowest BCUT2D eigenvalue weighted by molar-refractivity contribution is -0.152. The van der Waals surface area contributed by atoms with Gasteiger partial charge in [0.25, 0.3) is 0 Å². The zero-order valence-corrected chi connectivity index (χ0v) is 7.88.